The molecule has 0 fully saturated rings. The van der Waals surface area contributed by atoms with Gasteiger partial charge in [0.05, 0.1) is 6.10 Å². The Kier molecular flexibility index (Phi) is 4.40. The van der Waals surface area contributed by atoms with E-state index in [1.54, 1.807) is 0 Å². The van der Waals surface area contributed by atoms with Gasteiger partial charge < -0.3 is 5.11 Å². The van der Waals surface area contributed by atoms with Gasteiger partial charge in [0, 0.05) is 11.3 Å². The van der Waals surface area contributed by atoms with Crippen LogP contribution in [-0.2, 0) is 5.41 Å². The van der Waals surface area contributed by atoms with Gasteiger partial charge in [0.2, 0.25) is 0 Å². The molecule has 2 atom stereocenters. The lowest BCUT2D eigenvalue weighted by Crippen LogP contribution is -2.17. The monoisotopic (exact) mass is 488 g/mol. The van der Waals surface area contributed by atoms with E-state index in [4.69, 9.17) is 0 Å². The molecule has 0 saturated carbocycles. The van der Waals surface area contributed by atoms with Crippen LogP contribution in [0.5, 0.6) is 0 Å². The molecule has 38 heavy (non-hydrogen) atoms. The van der Waals surface area contributed by atoms with Crippen LogP contribution in [0.15, 0.2) is 109 Å². The summed E-state index contributed by atoms with van der Waals surface area (Å²) in [6, 6.07) is 37.6. The van der Waals surface area contributed by atoms with Crippen LogP contribution in [-0.4, -0.2) is 5.11 Å². The maximum atomic E-state index is 11.7. The van der Waals surface area contributed by atoms with Crippen molar-refractivity contribution in [1.82, 2.24) is 0 Å². The standard InChI is InChI=1S/C37H28O/c1-37(2)34-10-6-5-9-31(34)32-14-12-25(21-35(32)37)30-13-11-24-17-28-18-26-15-22-7-3-4-8-23(22)16-27(26)19-29(28)20-33(24)36(30)38/h3-21,30,36,38H,1-2H3. The fourth-order valence-electron chi connectivity index (χ4n) is 6.91. The second-order valence-electron chi connectivity index (χ2n) is 11.5. The Morgan fingerprint density at radius 3 is 1.95 bits per heavy atom. The van der Waals surface area contributed by atoms with Crippen molar-refractivity contribution in [2.75, 3.05) is 0 Å². The zero-order valence-electron chi connectivity index (χ0n) is 21.6. The highest BCUT2D eigenvalue weighted by Crippen LogP contribution is 2.50. The minimum Gasteiger partial charge on any atom is -0.387 e. The summed E-state index contributed by atoms with van der Waals surface area (Å²) in [6.07, 6.45) is 3.80. The molecule has 0 aliphatic heterocycles. The van der Waals surface area contributed by atoms with Crippen LogP contribution in [0, 0.1) is 0 Å². The first-order chi connectivity index (χ1) is 18.5. The summed E-state index contributed by atoms with van der Waals surface area (Å²) in [6.45, 7) is 4.62. The number of aliphatic hydroxyl groups excluding tert-OH is 1. The predicted octanol–water partition coefficient (Wildman–Crippen LogP) is 9.30. The van der Waals surface area contributed by atoms with E-state index in [2.05, 4.69) is 129 Å². The molecule has 2 aliphatic rings. The summed E-state index contributed by atoms with van der Waals surface area (Å²) in [7, 11) is 0. The van der Waals surface area contributed by atoms with Gasteiger partial charge >= 0.3 is 0 Å². The predicted molar refractivity (Wildman–Crippen MR) is 160 cm³/mol. The quantitative estimate of drug-likeness (QED) is 0.229. The van der Waals surface area contributed by atoms with Crippen LogP contribution in [0.1, 0.15) is 53.7 Å². The molecular formula is C37H28O. The first-order valence-electron chi connectivity index (χ1n) is 13.5. The lowest BCUT2D eigenvalue weighted by molar-refractivity contribution is 0.160. The highest BCUT2D eigenvalue weighted by molar-refractivity contribution is 6.05. The molecule has 8 rings (SSSR count). The second kappa shape index (κ2) is 7.66. The number of aliphatic hydroxyl groups is 1. The lowest BCUT2D eigenvalue weighted by Gasteiger charge is -2.28. The number of rotatable bonds is 1. The van der Waals surface area contributed by atoms with Gasteiger partial charge in [-0.1, -0.05) is 92.7 Å². The smallest absolute Gasteiger partial charge is 0.0899 e. The zero-order valence-corrected chi connectivity index (χ0v) is 21.6. The maximum Gasteiger partial charge on any atom is 0.0899 e. The molecule has 0 heterocycles. The topological polar surface area (TPSA) is 20.2 Å². The minimum atomic E-state index is -0.586. The Labute approximate surface area is 222 Å². The van der Waals surface area contributed by atoms with E-state index >= 15 is 0 Å². The van der Waals surface area contributed by atoms with Crippen LogP contribution in [0.4, 0.5) is 0 Å². The summed E-state index contributed by atoms with van der Waals surface area (Å²) >= 11 is 0. The minimum absolute atomic E-state index is 0.0510. The van der Waals surface area contributed by atoms with Gasteiger partial charge in [-0.2, -0.15) is 0 Å². The van der Waals surface area contributed by atoms with Gasteiger partial charge in [0.15, 0.2) is 0 Å². The molecule has 2 unspecified atom stereocenters. The summed E-state index contributed by atoms with van der Waals surface area (Å²) in [5.41, 5.74) is 8.60. The van der Waals surface area contributed by atoms with Crippen molar-refractivity contribution in [2.24, 2.45) is 0 Å². The van der Waals surface area contributed by atoms with E-state index in [0.29, 0.717) is 0 Å². The normalized spacial score (nSPS) is 19.0. The number of hydrogen-bond acceptors (Lipinski definition) is 1. The van der Waals surface area contributed by atoms with E-state index in [1.807, 2.05) is 0 Å². The third kappa shape index (κ3) is 3.03. The number of benzene rings is 6. The summed E-state index contributed by atoms with van der Waals surface area (Å²) in [5, 5.41) is 19.1. The van der Waals surface area contributed by atoms with Crippen molar-refractivity contribution < 1.29 is 5.11 Å². The average molecular weight is 489 g/mol. The van der Waals surface area contributed by atoms with Crippen LogP contribution < -0.4 is 0 Å². The van der Waals surface area contributed by atoms with Gasteiger partial charge in [-0.25, -0.2) is 0 Å². The van der Waals surface area contributed by atoms with Gasteiger partial charge in [-0.05, 0) is 108 Å². The molecule has 6 aromatic rings. The van der Waals surface area contributed by atoms with E-state index in [-0.39, 0.29) is 11.3 Å². The van der Waals surface area contributed by atoms with E-state index in [1.165, 1.54) is 60.1 Å². The molecule has 0 spiro atoms. The molecule has 0 bridgehead atoms. The Morgan fingerprint density at radius 1 is 0.579 bits per heavy atom. The molecule has 2 aliphatic carbocycles. The Balaban J connectivity index is 1.22. The highest BCUT2D eigenvalue weighted by Gasteiger charge is 2.36. The van der Waals surface area contributed by atoms with Crippen molar-refractivity contribution >= 4 is 38.4 Å². The van der Waals surface area contributed by atoms with Crippen LogP contribution >= 0.6 is 0 Å². The first-order valence-corrected chi connectivity index (χ1v) is 13.5. The summed E-state index contributed by atoms with van der Waals surface area (Å²) in [5.74, 6) is -0.0748. The first kappa shape index (κ1) is 21.8. The van der Waals surface area contributed by atoms with E-state index < -0.39 is 6.10 Å². The number of fused-ring (bicyclic) bond motifs is 7. The fourth-order valence-corrected chi connectivity index (χ4v) is 6.91. The van der Waals surface area contributed by atoms with E-state index in [9.17, 15) is 5.11 Å². The average Bonchev–Trinajstić information content (AvgIpc) is 3.16. The molecular weight excluding hydrogens is 460 g/mol. The zero-order chi connectivity index (χ0) is 25.6. The van der Waals surface area contributed by atoms with Gasteiger partial charge in [-0.15, -0.1) is 0 Å². The maximum absolute atomic E-state index is 11.7. The third-order valence-corrected chi connectivity index (χ3v) is 9.00. The summed E-state index contributed by atoms with van der Waals surface area (Å²) in [4.78, 5) is 0. The van der Waals surface area contributed by atoms with Gasteiger partial charge in [0.25, 0.3) is 0 Å². The summed E-state index contributed by atoms with van der Waals surface area (Å²) < 4.78 is 0. The van der Waals surface area contributed by atoms with Crippen LogP contribution in [0.25, 0.3) is 49.5 Å². The number of hydrogen-bond donors (Lipinski definition) is 1. The van der Waals surface area contributed by atoms with Crippen molar-refractivity contribution in [1.29, 1.82) is 0 Å². The highest BCUT2D eigenvalue weighted by atomic mass is 16.3. The largest absolute Gasteiger partial charge is 0.387 e. The Hall–Kier alpha value is -4.20. The molecule has 0 amide bonds. The van der Waals surface area contributed by atoms with Crippen molar-refractivity contribution in [3.63, 3.8) is 0 Å². The molecule has 1 N–H and O–H groups in total. The van der Waals surface area contributed by atoms with Crippen LogP contribution in [0.3, 0.4) is 0 Å². The SMILES string of the molecule is CC1(C)c2ccccc2-c2ccc(C3C=Cc4cc5cc6cc7ccccc7cc6cc5cc4C3O)cc21. The second-order valence-corrected chi connectivity index (χ2v) is 11.5. The van der Waals surface area contributed by atoms with Crippen molar-refractivity contribution in [3.8, 4) is 11.1 Å². The van der Waals surface area contributed by atoms with Crippen molar-refractivity contribution in [3.05, 3.63) is 137 Å². The lowest BCUT2D eigenvalue weighted by atomic mass is 9.78. The molecule has 0 saturated heterocycles. The molecule has 6 aromatic carbocycles. The molecule has 1 heteroatoms. The van der Waals surface area contributed by atoms with E-state index in [0.717, 1.165) is 11.1 Å². The molecule has 1 nitrogen and oxygen atoms in total. The van der Waals surface area contributed by atoms with Crippen molar-refractivity contribution in [2.45, 2.75) is 31.3 Å². The Bertz CT molecular complexity index is 1970. The molecule has 0 aromatic heterocycles. The Morgan fingerprint density at radius 2 is 1.18 bits per heavy atom. The third-order valence-electron chi connectivity index (χ3n) is 9.00. The van der Waals surface area contributed by atoms with Gasteiger partial charge in [0.1, 0.15) is 0 Å². The van der Waals surface area contributed by atoms with Crippen LogP contribution in [0.2, 0.25) is 0 Å². The molecule has 0 radical (unpaired) electrons. The molecule has 182 valence electrons. The fraction of sp³-hybridized carbons (Fsp3) is 0.135. The van der Waals surface area contributed by atoms with Gasteiger partial charge in [-0.3, -0.25) is 0 Å².